The van der Waals surface area contributed by atoms with Crippen LogP contribution in [0.1, 0.15) is 19.3 Å². The van der Waals surface area contributed by atoms with Crippen LogP contribution in [0.2, 0.25) is 0 Å². The van der Waals surface area contributed by atoms with Crippen LogP contribution in [0.5, 0.6) is 0 Å². The summed E-state index contributed by atoms with van der Waals surface area (Å²) in [7, 11) is 1.66. The summed E-state index contributed by atoms with van der Waals surface area (Å²) in [4.78, 5) is 15.3. The lowest BCUT2D eigenvalue weighted by atomic mass is 9.90. The highest BCUT2D eigenvalue weighted by molar-refractivity contribution is 7.99. The van der Waals surface area contributed by atoms with Gasteiger partial charge in [0.1, 0.15) is 5.60 Å². The normalized spacial score (nSPS) is 31.9. The van der Waals surface area contributed by atoms with E-state index in [2.05, 4.69) is 15.5 Å². The van der Waals surface area contributed by atoms with Gasteiger partial charge in [0.15, 0.2) is 0 Å². The molecule has 0 aromatic rings. The molecule has 0 bridgehead atoms. The number of methoxy groups -OCH3 is 1. The third-order valence-electron chi connectivity index (χ3n) is 5.56. The fraction of sp³-hybridized carbons (Fsp3) is 0.938. The number of carbonyl (C=O) groups is 1. The monoisotopic (exact) mass is 343 g/mol. The first-order valence-corrected chi connectivity index (χ1v) is 9.81. The molecule has 0 saturated carbocycles. The van der Waals surface area contributed by atoms with Crippen molar-refractivity contribution in [1.82, 2.24) is 15.5 Å². The Morgan fingerprint density at radius 2 is 2.04 bits per heavy atom. The highest BCUT2D eigenvalue weighted by Gasteiger charge is 2.44. The molecule has 3 aliphatic heterocycles. The highest BCUT2D eigenvalue weighted by atomic mass is 32.2. The number of hydrogen-bond donors (Lipinski definition) is 2. The van der Waals surface area contributed by atoms with Gasteiger partial charge in [-0.1, -0.05) is 0 Å². The lowest BCUT2D eigenvalue weighted by Crippen LogP contribution is -2.62. The summed E-state index contributed by atoms with van der Waals surface area (Å²) in [6, 6.07) is 0. The molecule has 1 unspecified atom stereocenters. The van der Waals surface area contributed by atoms with Gasteiger partial charge in [0.05, 0.1) is 13.2 Å². The molecule has 0 aliphatic carbocycles. The summed E-state index contributed by atoms with van der Waals surface area (Å²) >= 11 is 1.99. The lowest BCUT2D eigenvalue weighted by molar-refractivity contribution is -0.147. The third kappa shape index (κ3) is 3.69. The Bertz CT molecular complexity index is 403. The quantitative estimate of drug-likeness (QED) is 0.737. The standard InChI is InChI=1S/C16H29N3O3S/c1-21-16(2-5-17-6-3-16)14(20)18-12-15(4-11-23-13-15)19-7-9-22-10-8-19/h17H,2-13H2,1H3,(H,18,20). The molecule has 0 radical (unpaired) electrons. The largest absolute Gasteiger partial charge is 0.379 e. The Kier molecular flexibility index (Phi) is 5.85. The molecular formula is C16H29N3O3S. The molecule has 3 heterocycles. The van der Waals surface area contributed by atoms with Crippen molar-refractivity contribution in [3.8, 4) is 0 Å². The number of ether oxygens (including phenoxy) is 2. The summed E-state index contributed by atoms with van der Waals surface area (Å²) in [6.07, 6.45) is 2.63. The summed E-state index contributed by atoms with van der Waals surface area (Å²) in [5, 5.41) is 6.54. The summed E-state index contributed by atoms with van der Waals surface area (Å²) in [5.41, 5.74) is -0.560. The van der Waals surface area contributed by atoms with Gasteiger partial charge in [-0.15, -0.1) is 0 Å². The first-order chi connectivity index (χ1) is 11.2. The van der Waals surface area contributed by atoms with Crippen LogP contribution in [0.25, 0.3) is 0 Å². The van der Waals surface area contributed by atoms with Gasteiger partial charge >= 0.3 is 0 Å². The van der Waals surface area contributed by atoms with E-state index >= 15 is 0 Å². The zero-order valence-corrected chi connectivity index (χ0v) is 14.9. The Morgan fingerprint density at radius 3 is 2.65 bits per heavy atom. The Labute approximate surface area is 143 Å². The molecule has 2 N–H and O–H groups in total. The van der Waals surface area contributed by atoms with Gasteiger partial charge in [-0.2, -0.15) is 11.8 Å². The molecule has 0 aromatic heterocycles. The predicted molar refractivity (Wildman–Crippen MR) is 91.9 cm³/mol. The maximum Gasteiger partial charge on any atom is 0.252 e. The number of amides is 1. The van der Waals surface area contributed by atoms with Gasteiger partial charge in [-0.3, -0.25) is 9.69 Å². The van der Waals surface area contributed by atoms with E-state index in [1.807, 2.05) is 11.8 Å². The van der Waals surface area contributed by atoms with E-state index in [0.29, 0.717) is 0 Å². The average molecular weight is 343 g/mol. The maximum absolute atomic E-state index is 12.8. The van der Waals surface area contributed by atoms with E-state index in [4.69, 9.17) is 9.47 Å². The minimum Gasteiger partial charge on any atom is -0.379 e. The van der Waals surface area contributed by atoms with Crippen molar-refractivity contribution in [3.05, 3.63) is 0 Å². The number of hydrogen-bond acceptors (Lipinski definition) is 6. The van der Waals surface area contributed by atoms with Gasteiger partial charge in [0, 0.05) is 38.0 Å². The zero-order valence-electron chi connectivity index (χ0n) is 14.1. The van der Waals surface area contributed by atoms with Crippen LogP contribution in [0.15, 0.2) is 0 Å². The molecule has 7 heteroatoms. The van der Waals surface area contributed by atoms with Gasteiger partial charge in [-0.05, 0) is 38.1 Å². The second kappa shape index (κ2) is 7.70. The number of morpholine rings is 1. The number of carbonyl (C=O) groups excluding carboxylic acids is 1. The van der Waals surface area contributed by atoms with Crippen LogP contribution in [-0.2, 0) is 14.3 Å². The van der Waals surface area contributed by atoms with E-state index in [-0.39, 0.29) is 11.4 Å². The van der Waals surface area contributed by atoms with Crippen molar-refractivity contribution in [2.75, 3.05) is 64.6 Å². The van der Waals surface area contributed by atoms with Crippen LogP contribution < -0.4 is 10.6 Å². The average Bonchev–Trinajstić information content (AvgIpc) is 3.11. The minimum absolute atomic E-state index is 0.0611. The second-order valence-corrected chi connectivity index (χ2v) is 7.86. The first kappa shape index (κ1) is 17.5. The predicted octanol–water partition coefficient (Wildman–Crippen LogP) is 0.0791. The Balaban J connectivity index is 1.63. The summed E-state index contributed by atoms with van der Waals surface area (Å²) < 4.78 is 11.1. The van der Waals surface area contributed by atoms with Crippen LogP contribution in [0.4, 0.5) is 0 Å². The van der Waals surface area contributed by atoms with Crippen molar-refractivity contribution in [2.24, 2.45) is 0 Å². The zero-order chi connectivity index (χ0) is 16.2. The van der Waals surface area contributed by atoms with Crippen LogP contribution in [0.3, 0.4) is 0 Å². The Hall–Kier alpha value is -0.340. The number of rotatable bonds is 5. The lowest BCUT2D eigenvalue weighted by Gasteiger charge is -2.44. The van der Waals surface area contributed by atoms with E-state index < -0.39 is 5.60 Å². The number of thioether (sulfide) groups is 1. The van der Waals surface area contributed by atoms with Gasteiger partial charge in [0.2, 0.25) is 0 Å². The van der Waals surface area contributed by atoms with Crippen LogP contribution in [-0.4, -0.2) is 86.5 Å². The van der Waals surface area contributed by atoms with Crippen molar-refractivity contribution < 1.29 is 14.3 Å². The van der Waals surface area contributed by atoms with Gasteiger partial charge < -0.3 is 20.1 Å². The molecule has 0 spiro atoms. The summed E-state index contributed by atoms with van der Waals surface area (Å²) in [5.74, 6) is 2.33. The van der Waals surface area contributed by atoms with E-state index in [1.165, 1.54) is 5.75 Å². The van der Waals surface area contributed by atoms with Crippen LogP contribution >= 0.6 is 11.8 Å². The topological polar surface area (TPSA) is 62.8 Å². The summed E-state index contributed by atoms with van der Waals surface area (Å²) in [6.45, 7) is 5.93. The smallest absolute Gasteiger partial charge is 0.252 e. The molecular weight excluding hydrogens is 314 g/mol. The molecule has 0 aromatic carbocycles. The molecule has 132 valence electrons. The molecule has 3 rings (SSSR count). The van der Waals surface area contributed by atoms with Crippen molar-refractivity contribution in [1.29, 1.82) is 0 Å². The third-order valence-corrected chi connectivity index (χ3v) is 6.79. The van der Waals surface area contributed by atoms with E-state index in [0.717, 1.165) is 71.0 Å². The van der Waals surface area contributed by atoms with Crippen molar-refractivity contribution >= 4 is 17.7 Å². The molecule has 1 amide bonds. The number of nitrogens with one attached hydrogen (secondary N) is 2. The van der Waals surface area contributed by atoms with Gasteiger partial charge in [0.25, 0.3) is 5.91 Å². The molecule has 23 heavy (non-hydrogen) atoms. The van der Waals surface area contributed by atoms with Crippen molar-refractivity contribution in [2.45, 2.75) is 30.4 Å². The SMILES string of the molecule is COC1(C(=O)NCC2(N3CCOCC3)CCSC2)CCNCC1. The fourth-order valence-electron chi connectivity index (χ4n) is 3.90. The fourth-order valence-corrected chi connectivity index (χ4v) is 5.37. The van der Waals surface area contributed by atoms with E-state index in [9.17, 15) is 4.79 Å². The maximum atomic E-state index is 12.8. The molecule has 6 nitrogen and oxygen atoms in total. The van der Waals surface area contributed by atoms with Gasteiger partial charge in [-0.25, -0.2) is 0 Å². The number of nitrogens with zero attached hydrogens (tertiary/aromatic N) is 1. The van der Waals surface area contributed by atoms with Crippen molar-refractivity contribution in [3.63, 3.8) is 0 Å². The molecule has 3 fully saturated rings. The number of piperidine rings is 1. The molecule has 1 atom stereocenters. The Morgan fingerprint density at radius 1 is 1.30 bits per heavy atom. The van der Waals surface area contributed by atoms with Crippen LogP contribution in [0, 0.1) is 0 Å². The minimum atomic E-state index is -0.650. The molecule has 3 saturated heterocycles. The second-order valence-electron chi connectivity index (χ2n) is 6.76. The van der Waals surface area contributed by atoms with E-state index in [1.54, 1.807) is 7.11 Å². The first-order valence-electron chi connectivity index (χ1n) is 8.66. The molecule has 3 aliphatic rings. The highest BCUT2D eigenvalue weighted by Crippen LogP contribution is 2.34.